The van der Waals surface area contributed by atoms with Gasteiger partial charge < -0.3 is 10.4 Å². The topological polar surface area (TPSA) is 49.3 Å². The summed E-state index contributed by atoms with van der Waals surface area (Å²) in [6.45, 7) is 8.25. The predicted octanol–water partition coefficient (Wildman–Crippen LogP) is 4.93. The van der Waals surface area contributed by atoms with Crippen molar-refractivity contribution in [2.45, 2.75) is 46.1 Å². The number of benzene rings is 2. The summed E-state index contributed by atoms with van der Waals surface area (Å²) in [7, 11) is 1.68. The highest BCUT2D eigenvalue weighted by molar-refractivity contribution is 5.76. The normalized spacial score (nSPS) is 10.8. The predicted molar refractivity (Wildman–Crippen MR) is 103 cm³/mol. The summed E-state index contributed by atoms with van der Waals surface area (Å²) in [6.07, 6.45) is 1.25. The highest BCUT2D eigenvalue weighted by Crippen LogP contribution is 2.28. The largest absolute Gasteiger partial charge is 0.480 e. The monoisotopic (exact) mass is 329 g/mol. The Morgan fingerprint density at radius 1 is 0.917 bits per heavy atom. The lowest BCUT2D eigenvalue weighted by Gasteiger charge is -2.24. The average molecular weight is 329 g/mol. The third-order valence-corrected chi connectivity index (χ3v) is 3.23. The van der Waals surface area contributed by atoms with Crippen LogP contribution >= 0.6 is 0 Å². The van der Waals surface area contributed by atoms with Gasteiger partial charge in [0.25, 0.3) is 0 Å². The molecule has 0 aromatic heterocycles. The SMILES string of the molecule is CC.CCC.CNC(C(=O)O)C(c1ccccc1)c1ccccc1. The molecule has 0 bridgehead atoms. The fourth-order valence-electron chi connectivity index (χ4n) is 2.33. The molecule has 0 saturated heterocycles. The van der Waals surface area contributed by atoms with Crippen molar-refractivity contribution in [3.05, 3.63) is 71.8 Å². The van der Waals surface area contributed by atoms with E-state index in [4.69, 9.17) is 0 Å². The molecule has 0 aliphatic rings. The van der Waals surface area contributed by atoms with E-state index < -0.39 is 12.0 Å². The number of carbonyl (C=O) groups is 1. The molecule has 132 valence electrons. The lowest BCUT2D eigenvalue weighted by Crippen LogP contribution is -2.40. The van der Waals surface area contributed by atoms with E-state index in [1.165, 1.54) is 6.42 Å². The Kier molecular flexibility index (Phi) is 12.1. The number of hydrogen-bond acceptors (Lipinski definition) is 2. The summed E-state index contributed by atoms with van der Waals surface area (Å²) in [4.78, 5) is 11.5. The zero-order chi connectivity index (χ0) is 18.4. The number of nitrogens with one attached hydrogen (secondary N) is 1. The molecule has 1 unspecified atom stereocenters. The van der Waals surface area contributed by atoms with Crippen LogP contribution in [0.3, 0.4) is 0 Å². The minimum absolute atomic E-state index is 0.204. The second-order valence-corrected chi connectivity index (χ2v) is 5.11. The number of carboxylic acids is 1. The van der Waals surface area contributed by atoms with Crippen LogP contribution in [0.1, 0.15) is 51.2 Å². The molecule has 2 aromatic rings. The maximum Gasteiger partial charge on any atom is 0.321 e. The van der Waals surface area contributed by atoms with Crippen LogP contribution in [-0.4, -0.2) is 24.2 Å². The van der Waals surface area contributed by atoms with Gasteiger partial charge in [-0.25, -0.2) is 0 Å². The van der Waals surface area contributed by atoms with Crippen molar-refractivity contribution < 1.29 is 9.90 Å². The highest BCUT2D eigenvalue weighted by Gasteiger charge is 2.29. The van der Waals surface area contributed by atoms with Crippen molar-refractivity contribution in [1.29, 1.82) is 0 Å². The van der Waals surface area contributed by atoms with Crippen LogP contribution in [-0.2, 0) is 4.79 Å². The van der Waals surface area contributed by atoms with Crippen molar-refractivity contribution in [1.82, 2.24) is 5.32 Å². The van der Waals surface area contributed by atoms with Gasteiger partial charge in [0.15, 0.2) is 0 Å². The molecule has 2 rings (SSSR count). The molecular weight excluding hydrogens is 298 g/mol. The van der Waals surface area contributed by atoms with Crippen LogP contribution in [0.25, 0.3) is 0 Å². The van der Waals surface area contributed by atoms with Gasteiger partial charge in [-0.15, -0.1) is 0 Å². The van der Waals surface area contributed by atoms with Gasteiger partial charge in [0.2, 0.25) is 0 Å². The lowest BCUT2D eigenvalue weighted by molar-refractivity contribution is -0.139. The Balaban J connectivity index is 0.000000952. The average Bonchev–Trinajstić information content (AvgIpc) is 2.63. The van der Waals surface area contributed by atoms with Crippen molar-refractivity contribution in [2.24, 2.45) is 0 Å². The number of aliphatic carboxylic acids is 1. The number of likely N-dealkylation sites (N-methyl/N-ethyl adjacent to an activating group) is 1. The van der Waals surface area contributed by atoms with Gasteiger partial charge in [0, 0.05) is 5.92 Å². The van der Waals surface area contributed by atoms with E-state index >= 15 is 0 Å². The van der Waals surface area contributed by atoms with E-state index in [0.29, 0.717) is 0 Å². The molecule has 0 spiro atoms. The van der Waals surface area contributed by atoms with Crippen LogP contribution in [0.2, 0.25) is 0 Å². The zero-order valence-corrected chi connectivity index (χ0v) is 15.5. The quantitative estimate of drug-likeness (QED) is 0.817. The second kappa shape index (κ2) is 13.3. The van der Waals surface area contributed by atoms with Crippen LogP contribution < -0.4 is 5.32 Å². The molecule has 0 heterocycles. The Hall–Kier alpha value is -2.13. The summed E-state index contributed by atoms with van der Waals surface area (Å²) < 4.78 is 0. The Labute approximate surface area is 146 Å². The molecule has 0 aliphatic heterocycles. The first-order valence-corrected chi connectivity index (χ1v) is 8.65. The molecule has 2 aromatic carbocycles. The molecule has 1 atom stereocenters. The van der Waals surface area contributed by atoms with Crippen molar-refractivity contribution >= 4 is 5.97 Å². The van der Waals surface area contributed by atoms with Gasteiger partial charge in [0.05, 0.1) is 0 Å². The van der Waals surface area contributed by atoms with E-state index in [-0.39, 0.29) is 5.92 Å². The first kappa shape index (κ1) is 21.9. The summed E-state index contributed by atoms with van der Waals surface area (Å²) in [5.41, 5.74) is 1.99. The van der Waals surface area contributed by atoms with Crippen LogP contribution in [0.15, 0.2) is 60.7 Å². The zero-order valence-electron chi connectivity index (χ0n) is 15.5. The molecule has 3 heteroatoms. The van der Waals surface area contributed by atoms with Gasteiger partial charge in [-0.05, 0) is 18.2 Å². The third kappa shape index (κ3) is 6.97. The maximum absolute atomic E-state index is 11.5. The highest BCUT2D eigenvalue weighted by atomic mass is 16.4. The van der Waals surface area contributed by atoms with E-state index in [1.54, 1.807) is 7.05 Å². The molecule has 0 saturated carbocycles. The van der Waals surface area contributed by atoms with E-state index in [9.17, 15) is 9.90 Å². The molecule has 2 N–H and O–H groups in total. The van der Waals surface area contributed by atoms with Gasteiger partial charge in [-0.1, -0.05) is 94.8 Å². The smallest absolute Gasteiger partial charge is 0.321 e. The molecule has 24 heavy (non-hydrogen) atoms. The standard InChI is InChI=1S/C16H17NO2.C3H8.C2H6/c1-17-15(16(18)19)14(12-8-4-2-5-9-12)13-10-6-3-7-11-13;1-3-2;1-2/h2-11,14-15,17H,1H3,(H,18,19);3H2,1-2H3;1-2H3. The van der Waals surface area contributed by atoms with E-state index in [0.717, 1.165) is 11.1 Å². The Bertz CT molecular complexity index is 501. The second-order valence-electron chi connectivity index (χ2n) is 5.11. The number of carboxylic acid groups (broad SMARTS) is 1. The molecule has 0 amide bonds. The molecule has 0 radical (unpaired) electrons. The van der Waals surface area contributed by atoms with Crippen molar-refractivity contribution in [3.8, 4) is 0 Å². The first-order chi connectivity index (χ1) is 11.7. The summed E-state index contributed by atoms with van der Waals surface area (Å²) in [5, 5.41) is 12.3. The van der Waals surface area contributed by atoms with Gasteiger partial charge in [-0.2, -0.15) is 0 Å². The fraction of sp³-hybridized carbons (Fsp3) is 0.381. The lowest BCUT2D eigenvalue weighted by atomic mass is 9.85. The van der Waals surface area contributed by atoms with Crippen LogP contribution in [0.5, 0.6) is 0 Å². The van der Waals surface area contributed by atoms with Crippen LogP contribution in [0, 0.1) is 0 Å². The number of hydrogen-bond donors (Lipinski definition) is 2. The fourth-order valence-corrected chi connectivity index (χ4v) is 2.33. The van der Waals surface area contributed by atoms with Gasteiger partial charge in [-0.3, -0.25) is 4.79 Å². The maximum atomic E-state index is 11.5. The van der Waals surface area contributed by atoms with Gasteiger partial charge >= 0.3 is 5.97 Å². The molecule has 0 aliphatic carbocycles. The summed E-state index contributed by atoms with van der Waals surface area (Å²) in [6, 6.07) is 18.8. The van der Waals surface area contributed by atoms with Gasteiger partial charge in [0.1, 0.15) is 6.04 Å². The van der Waals surface area contributed by atoms with Crippen molar-refractivity contribution in [3.63, 3.8) is 0 Å². The summed E-state index contributed by atoms with van der Waals surface area (Å²) >= 11 is 0. The summed E-state index contributed by atoms with van der Waals surface area (Å²) in [5.74, 6) is -1.05. The van der Waals surface area contributed by atoms with E-state index in [1.807, 2.05) is 74.5 Å². The Morgan fingerprint density at radius 2 is 1.25 bits per heavy atom. The molecule has 3 nitrogen and oxygen atoms in total. The minimum atomic E-state index is -0.847. The van der Waals surface area contributed by atoms with E-state index in [2.05, 4.69) is 19.2 Å². The third-order valence-electron chi connectivity index (χ3n) is 3.23. The minimum Gasteiger partial charge on any atom is -0.480 e. The van der Waals surface area contributed by atoms with Crippen molar-refractivity contribution in [2.75, 3.05) is 7.05 Å². The van der Waals surface area contributed by atoms with Crippen LogP contribution in [0.4, 0.5) is 0 Å². The number of rotatable bonds is 5. The molecular formula is C21H31NO2. The molecule has 0 fully saturated rings. The first-order valence-electron chi connectivity index (χ1n) is 8.65. The Morgan fingerprint density at radius 3 is 1.50 bits per heavy atom.